The Hall–Kier alpha value is -3.02. The summed E-state index contributed by atoms with van der Waals surface area (Å²) in [5, 5.41) is 5.71. The number of para-hydroxylation sites is 1. The van der Waals surface area contributed by atoms with Gasteiger partial charge in [0.15, 0.2) is 0 Å². The molecule has 3 amide bonds. The zero-order valence-electron chi connectivity index (χ0n) is 13.6. The summed E-state index contributed by atoms with van der Waals surface area (Å²) in [5.74, 6) is 1.23. The highest BCUT2D eigenvalue weighted by atomic mass is 16.5. The Morgan fingerprint density at radius 2 is 1.62 bits per heavy atom. The van der Waals surface area contributed by atoms with Crippen molar-refractivity contribution in [3.8, 4) is 11.5 Å². The molecular weight excluding hydrogens is 306 g/mol. The monoisotopic (exact) mass is 325 g/mol. The Morgan fingerprint density at radius 1 is 1.00 bits per heavy atom. The number of carbonyl (C=O) groups is 2. The molecule has 0 spiro atoms. The Morgan fingerprint density at radius 3 is 2.21 bits per heavy atom. The average molecular weight is 325 g/mol. The molecule has 1 saturated heterocycles. The number of ether oxygens (including phenoxy) is 1. The lowest BCUT2D eigenvalue weighted by atomic mass is 10.1. The van der Waals surface area contributed by atoms with Crippen LogP contribution in [0.1, 0.15) is 13.8 Å². The minimum atomic E-state index is -0.855. The van der Waals surface area contributed by atoms with Crippen molar-refractivity contribution in [2.45, 2.75) is 19.4 Å². The van der Waals surface area contributed by atoms with Crippen LogP contribution in [0.25, 0.3) is 0 Å². The molecule has 2 N–H and O–H groups in total. The molecule has 1 fully saturated rings. The summed E-state index contributed by atoms with van der Waals surface area (Å²) in [4.78, 5) is 25.1. The molecular formula is C18H19N3O3. The molecule has 0 radical (unpaired) electrons. The molecule has 0 aromatic heterocycles. The first-order valence-electron chi connectivity index (χ1n) is 7.67. The summed E-state index contributed by atoms with van der Waals surface area (Å²) < 4.78 is 5.72. The molecule has 0 bridgehead atoms. The summed E-state index contributed by atoms with van der Waals surface area (Å²) >= 11 is 0. The normalized spacial score (nSPS) is 16.0. The zero-order chi connectivity index (χ0) is 17.2. The number of amides is 3. The van der Waals surface area contributed by atoms with Crippen LogP contribution < -0.4 is 15.4 Å². The van der Waals surface area contributed by atoms with Gasteiger partial charge < -0.3 is 15.4 Å². The molecule has 6 heteroatoms. The summed E-state index contributed by atoms with van der Waals surface area (Å²) in [7, 11) is 0. The number of benzene rings is 2. The molecule has 0 saturated carbocycles. The average Bonchev–Trinajstić information content (AvgIpc) is 2.76. The van der Waals surface area contributed by atoms with Crippen LogP contribution in [-0.2, 0) is 4.79 Å². The van der Waals surface area contributed by atoms with E-state index in [-0.39, 0.29) is 18.6 Å². The third-order valence-electron chi connectivity index (χ3n) is 3.72. The molecule has 1 aliphatic heterocycles. The van der Waals surface area contributed by atoms with Gasteiger partial charge in [0.25, 0.3) is 5.91 Å². The Balaban J connectivity index is 1.59. The molecule has 124 valence electrons. The topological polar surface area (TPSA) is 70.7 Å². The Bertz CT molecular complexity index is 742. The van der Waals surface area contributed by atoms with E-state index < -0.39 is 5.54 Å². The summed E-state index contributed by atoms with van der Waals surface area (Å²) in [6.07, 6.45) is 0. The van der Waals surface area contributed by atoms with Crippen LogP contribution in [0.5, 0.6) is 11.5 Å². The Kier molecular flexibility index (Phi) is 4.12. The number of rotatable bonds is 5. The van der Waals surface area contributed by atoms with Gasteiger partial charge in [-0.15, -0.1) is 0 Å². The molecule has 2 aromatic carbocycles. The lowest BCUT2D eigenvalue weighted by molar-refractivity contribution is -0.129. The van der Waals surface area contributed by atoms with Gasteiger partial charge in [-0.1, -0.05) is 18.2 Å². The Labute approximate surface area is 140 Å². The van der Waals surface area contributed by atoms with Crippen LogP contribution in [0.4, 0.5) is 10.5 Å². The van der Waals surface area contributed by atoms with Crippen LogP contribution >= 0.6 is 0 Å². The van der Waals surface area contributed by atoms with Crippen molar-refractivity contribution >= 4 is 17.6 Å². The summed E-state index contributed by atoms with van der Waals surface area (Å²) in [6.45, 7) is 3.49. The molecule has 3 rings (SSSR count). The third kappa shape index (κ3) is 3.32. The maximum Gasteiger partial charge on any atom is 0.326 e. The van der Waals surface area contributed by atoms with E-state index in [0.717, 1.165) is 16.3 Å². The van der Waals surface area contributed by atoms with Gasteiger partial charge in [0.2, 0.25) is 0 Å². The van der Waals surface area contributed by atoms with Crippen molar-refractivity contribution in [1.82, 2.24) is 10.2 Å². The van der Waals surface area contributed by atoms with Gasteiger partial charge in [-0.2, -0.15) is 0 Å². The van der Waals surface area contributed by atoms with Gasteiger partial charge in [0.1, 0.15) is 17.0 Å². The molecule has 1 aliphatic rings. The van der Waals surface area contributed by atoms with Crippen molar-refractivity contribution < 1.29 is 14.3 Å². The number of nitrogens with one attached hydrogen (secondary N) is 2. The van der Waals surface area contributed by atoms with Crippen LogP contribution in [0, 0.1) is 0 Å². The SMILES string of the molecule is CC1(C)NC(=O)N(CNc2ccc(Oc3ccccc3)cc2)C1=O. The highest BCUT2D eigenvalue weighted by Crippen LogP contribution is 2.23. The van der Waals surface area contributed by atoms with E-state index in [1.165, 1.54) is 0 Å². The number of hydrogen-bond acceptors (Lipinski definition) is 4. The van der Waals surface area contributed by atoms with Gasteiger partial charge >= 0.3 is 6.03 Å². The van der Waals surface area contributed by atoms with Crippen LogP contribution in [0.3, 0.4) is 0 Å². The van der Waals surface area contributed by atoms with Gasteiger partial charge in [0, 0.05) is 5.69 Å². The lowest BCUT2D eigenvalue weighted by Gasteiger charge is -2.17. The summed E-state index contributed by atoms with van der Waals surface area (Å²) in [6, 6.07) is 16.4. The highest BCUT2D eigenvalue weighted by molar-refractivity contribution is 6.06. The van der Waals surface area contributed by atoms with E-state index in [4.69, 9.17) is 4.74 Å². The molecule has 0 aliphatic carbocycles. The van der Waals surface area contributed by atoms with Gasteiger partial charge in [-0.25, -0.2) is 9.69 Å². The minimum absolute atomic E-state index is 0.118. The number of imide groups is 1. The van der Waals surface area contributed by atoms with E-state index in [1.54, 1.807) is 13.8 Å². The standard InChI is InChI=1S/C18H19N3O3/c1-18(2)16(22)21(17(23)20-18)12-19-13-8-10-15(11-9-13)24-14-6-4-3-5-7-14/h3-11,19H,12H2,1-2H3,(H,20,23). The van der Waals surface area contributed by atoms with Gasteiger partial charge in [0.05, 0.1) is 6.67 Å². The fourth-order valence-corrected chi connectivity index (χ4v) is 2.40. The van der Waals surface area contributed by atoms with Crippen LogP contribution in [-0.4, -0.2) is 29.0 Å². The highest BCUT2D eigenvalue weighted by Gasteiger charge is 2.43. The zero-order valence-corrected chi connectivity index (χ0v) is 13.6. The molecule has 2 aromatic rings. The van der Waals surface area contributed by atoms with Crippen molar-refractivity contribution in [2.24, 2.45) is 0 Å². The number of urea groups is 1. The quantitative estimate of drug-likeness (QED) is 0.828. The summed E-state index contributed by atoms with van der Waals surface area (Å²) in [5.41, 5.74) is -0.0627. The molecule has 24 heavy (non-hydrogen) atoms. The smallest absolute Gasteiger partial charge is 0.326 e. The predicted octanol–water partition coefficient (Wildman–Crippen LogP) is 3.18. The number of nitrogens with zero attached hydrogens (tertiary/aromatic N) is 1. The second-order valence-corrected chi connectivity index (χ2v) is 6.06. The van der Waals surface area contributed by atoms with E-state index in [9.17, 15) is 9.59 Å². The molecule has 0 unspecified atom stereocenters. The van der Waals surface area contributed by atoms with E-state index in [2.05, 4.69) is 10.6 Å². The van der Waals surface area contributed by atoms with Crippen molar-refractivity contribution in [1.29, 1.82) is 0 Å². The number of carbonyl (C=O) groups excluding carboxylic acids is 2. The lowest BCUT2D eigenvalue weighted by Crippen LogP contribution is -2.41. The van der Waals surface area contributed by atoms with Crippen molar-refractivity contribution in [2.75, 3.05) is 12.0 Å². The van der Waals surface area contributed by atoms with Crippen LogP contribution in [0.2, 0.25) is 0 Å². The van der Waals surface area contributed by atoms with Gasteiger partial charge in [-0.05, 0) is 50.2 Å². The second-order valence-electron chi connectivity index (χ2n) is 6.06. The minimum Gasteiger partial charge on any atom is -0.457 e. The fraction of sp³-hybridized carbons (Fsp3) is 0.222. The first kappa shape index (κ1) is 15.9. The first-order valence-corrected chi connectivity index (χ1v) is 7.67. The van der Waals surface area contributed by atoms with E-state index >= 15 is 0 Å². The fourth-order valence-electron chi connectivity index (χ4n) is 2.40. The first-order chi connectivity index (χ1) is 11.5. The largest absolute Gasteiger partial charge is 0.457 e. The molecule has 6 nitrogen and oxygen atoms in total. The van der Waals surface area contributed by atoms with E-state index in [0.29, 0.717) is 5.75 Å². The maximum absolute atomic E-state index is 12.1. The predicted molar refractivity (Wildman–Crippen MR) is 90.9 cm³/mol. The molecule has 0 atom stereocenters. The van der Waals surface area contributed by atoms with Crippen LogP contribution in [0.15, 0.2) is 54.6 Å². The van der Waals surface area contributed by atoms with Crippen molar-refractivity contribution in [3.05, 3.63) is 54.6 Å². The van der Waals surface area contributed by atoms with Gasteiger partial charge in [-0.3, -0.25) is 4.79 Å². The third-order valence-corrected chi connectivity index (χ3v) is 3.72. The maximum atomic E-state index is 12.1. The molecule has 1 heterocycles. The number of anilines is 1. The van der Waals surface area contributed by atoms with E-state index in [1.807, 2.05) is 54.6 Å². The van der Waals surface area contributed by atoms with Crippen molar-refractivity contribution in [3.63, 3.8) is 0 Å². The second kappa shape index (κ2) is 6.23. The number of hydrogen-bond donors (Lipinski definition) is 2.